The van der Waals surface area contributed by atoms with Gasteiger partial charge in [0, 0.05) is 25.7 Å². The summed E-state index contributed by atoms with van der Waals surface area (Å²) in [5, 5.41) is 0. The average molecular weight is 295 g/mol. The Kier molecular flexibility index (Phi) is 5.25. The summed E-state index contributed by atoms with van der Waals surface area (Å²) < 4.78 is 0. The maximum Gasteiger partial charge on any atom is 0.239 e. The van der Waals surface area contributed by atoms with Crippen molar-refractivity contribution in [2.24, 2.45) is 17.6 Å². The maximum absolute atomic E-state index is 12.8. The van der Waals surface area contributed by atoms with Gasteiger partial charge in [-0.2, -0.15) is 0 Å². The summed E-state index contributed by atoms with van der Waals surface area (Å²) in [6, 6.07) is 0.240. The van der Waals surface area contributed by atoms with Gasteiger partial charge in [-0.25, -0.2) is 0 Å². The molecule has 0 radical (unpaired) electrons. The van der Waals surface area contributed by atoms with E-state index in [0.29, 0.717) is 12.6 Å². The van der Waals surface area contributed by atoms with Crippen molar-refractivity contribution in [1.29, 1.82) is 0 Å². The normalized spacial score (nSPS) is 32.1. The molecule has 5 heteroatoms. The predicted molar refractivity (Wildman–Crippen MR) is 82.5 cm³/mol. The lowest BCUT2D eigenvalue weighted by Gasteiger charge is -2.38. The first-order valence-electron chi connectivity index (χ1n) is 8.29. The fourth-order valence-electron chi connectivity index (χ4n) is 3.80. The van der Waals surface area contributed by atoms with Gasteiger partial charge in [0.2, 0.25) is 11.8 Å². The van der Waals surface area contributed by atoms with Crippen molar-refractivity contribution in [3.8, 4) is 0 Å². The third-order valence-corrected chi connectivity index (χ3v) is 5.29. The molecular weight excluding hydrogens is 266 g/mol. The van der Waals surface area contributed by atoms with Crippen LogP contribution in [0.2, 0.25) is 0 Å². The molecule has 2 heterocycles. The topological polar surface area (TPSA) is 66.6 Å². The lowest BCUT2D eigenvalue weighted by atomic mass is 9.98. The molecule has 0 aliphatic carbocycles. The van der Waals surface area contributed by atoms with Gasteiger partial charge in [-0.05, 0) is 38.5 Å². The third-order valence-electron chi connectivity index (χ3n) is 5.29. The van der Waals surface area contributed by atoms with Crippen LogP contribution in [0.3, 0.4) is 0 Å². The summed E-state index contributed by atoms with van der Waals surface area (Å²) in [5.41, 5.74) is 5.45. The minimum absolute atomic E-state index is 0.122. The molecule has 2 rings (SSSR count). The number of carbonyl (C=O) groups is 2. The first kappa shape index (κ1) is 16.3. The fraction of sp³-hybridized carbons (Fsp3) is 0.875. The smallest absolute Gasteiger partial charge is 0.239 e. The number of carbonyl (C=O) groups excluding carboxylic acids is 2. The van der Waals surface area contributed by atoms with E-state index in [9.17, 15) is 9.59 Å². The molecule has 0 aromatic rings. The van der Waals surface area contributed by atoms with Crippen LogP contribution in [0.1, 0.15) is 46.5 Å². The van der Waals surface area contributed by atoms with E-state index in [1.165, 1.54) is 6.42 Å². The van der Waals surface area contributed by atoms with Gasteiger partial charge >= 0.3 is 0 Å². The van der Waals surface area contributed by atoms with E-state index in [2.05, 4.69) is 16.7 Å². The molecule has 0 saturated carbocycles. The number of primary amides is 1. The van der Waals surface area contributed by atoms with Crippen molar-refractivity contribution in [1.82, 2.24) is 9.80 Å². The van der Waals surface area contributed by atoms with Crippen LogP contribution in [0.5, 0.6) is 0 Å². The van der Waals surface area contributed by atoms with Crippen molar-refractivity contribution in [2.75, 3.05) is 19.6 Å². The summed E-state index contributed by atoms with van der Waals surface area (Å²) in [5.74, 6) is 0.0950. The van der Waals surface area contributed by atoms with Crippen LogP contribution < -0.4 is 5.73 Å². The number of hydrogen-bond donors (Lipinski definition) is 1. The zero-order valence-electron chi connectivity index (χ0n) is 13.5. The number of piperidine rings is 1. The SMILES string of the molecule is CCC1CCCCN1C(=O)C(C)N1C[C@@H](C)[C@H](C(N)=O)C1. The number of rotatable bonds is 4. The molecule has 2 unspecified atom stereocenters. The molecule has 2 fully saturated rings. The van der Waals surface area contributed by atoms with Gasteiger partial charge in [0.25, 0.3) is 0 Å². The van der Waals surface area contributed by atoms with Gasteiger partial charge in [-0.3, -0.25) is 14.5 Å². The summed E-state index contributed by atoms with van der Waals surface area (Å²) in [4.78, 5) is 28.5. The molecule has 2 aliphatic heterocycles. The Morgan fingerprint density at radius 1 is 1.29 bits per heavy atom. The zero-order valence-corrected chi connectivity index (χ0v) is 13.5. The molecule has 120 valence electrons. The first-order chi connectivity index (χ1) is 9.95. The van der Waals surface area contributed by atoms with Crippen molar-refractivity contribution >= 4 is 11.8 Å². The van der Waals surface area contributed by atoms with E-state index in [1.807, 2.05) is 13.8 Å². The highest BCUT2D eigenvalue weighted by Gasteiger charge is 2.39. The lowest BCUT2D eigenvalue weighted by Crippen LogP contribution is -2.52. The molecule has 4 atom stereocenters. The van der Waals surface area contributed by atoms with Crippen molar-refractivity contribution in [3.05, 3.63) is 0 Å². The molecule has 2 saturated heterocycles. The Balaban J connectivity index is 2.01. The second-order valence-electron chi connectivity index (χ2n) is 6.71. The van der Waals surface area contributed by atoms with Crippen LogP contribution >= 0.6 is 0 Å². The number of nitrogens with two attached hydrogens (primary N) is 1. The average Bonchev–Trinajstić information content (AvgIpc) is 2.87. The summed E-state index contributed by atoms with van der Waals surface area (Å²) in [6.45, 7) is 8.45. The Labute approximate surface area is 127 Å². The molecule has 0 bridgehead atoms. The van der Waals surface area contributed by atoms with Crippen molar-refractivity contribution in [2.45, 2.75) is 58.5 Å². The lowest BCUT2D eigenvalue weighted by molar-refractivity contribution is -0.140. The van der Waals surface area contributed by atoms with E-state index in [1.54, 1.807) is 0 Å². The van der Waals surface area contributed by atoms with Gasteiger partial charge in [0.05, 0.1) is 12.0 Å². The standard InChI is InChI=1S/C16H29N3O2/c1-4-13-7-5-6-8-19(13)16(21)12(3)18-9-11(2)14(10-18)15(17)20/h11-14H,4-10H2,1-3H3,(H2,17,20)/t11-,12?,13?,14-/m1/s1. The van der Waals surface area contributed by atoms with Gasteiger partial charge in [-0.15, -0.1) is 0 Å². The fourth-order valence-corrected chi connectivity index (χ4v) is 3.80. The quantitative estimate of drug-likeness (QED) is 0.848. The molecule has 21 heavy (non-hydrogen) atoms. The number of likely N-dealkylation sites (tertiary alicyclic amines) is 2. The van der Waals surface area contributed by atoms with E-state index >= 15 is 0 Å². The van der Waals surface area contributed by atoms with E-state index < -0.39 is 0 Å². The second-order valence-corrected chi connectivity index (χ2v) is 6.71. The van der Waals surface area contributed by atoms with Gasteiger partial charge < -0.3 is 10.6 Å². The van der Waals surface area contributed by atoms with Crippen molar-refractivity contribution in [3.63, 3.8) is 0 Å². The third kappa shape index (κ3) is 3.39. The highest BCUT2D eigenvalue weighted by molar-refractivity contribution is 5.82. The van der Waals surface area contributed by atoms with Crippen LogP contribution in [-0.4, -0.2) is 53.3 Å². The molecule has 2 N–H and O–H groups in total. The molecule has 0 spiro atoms. The minimum atomic E-state index is -0.242. The van der Waals surface area contributed by atoms with Crippen LogP contribution in [0.4, 0.5) is 0 Å². The van der Waals surface area contributed by atoms with Gasteiger partial charge in [0.1, 0.15) is 0 Å². The van der Waals surface area contributed by atoms with Crippen LogP contribution in [0, 0.1) is 11.8 Å². The van der Waals surface area contributed by atoms with Gasteiger partial charge in [0.15, 0.2) is 0 Å². The summed E-state index contributed by atoms with van der Waals surface area (Å²) in [6.07, 6.45) is 4.48. The van der Waals surface area contributed by atoms with Crippen LogP contribution in [0.25, 0.3) is 0 Å². The zero-order chi connectivity index (χ0) is 15.6. The highest BCUT2D eigenvalue weighted by atomic mass is 16.2. The first-order valence-corrected chi connectivity index (χ1v) is 8.29. The number of hydrogen-bond acceptors (Lipinski definition) is 3. The number of nitrogens with zero attached hydrogens (tertiary/aromatic N) is 2. The maximum atomic E-state index is 12.8. The largest absolute Gasteiger partial charge is 0.369 e. The molecular formula is C16H29N3O2. The Morgan fingerprint density at radius 3 is 2.57 bits per heavy atom. The molecule has 2 aliphatic rings. The van der Waals surface area contributed by atoms with E-state index in [0.717, 1.165) is 32.4 Å². The van der Waals surface area contributed by atoms with Crippen LogP contribution in [0.15, 0.2) is 0 Å². The number of amides is 2. The molecule has 0 aromatic carbocycles. The summed E-state index contributed by atoms with van der Waals surface area (Å²) in [7, 11) is 0. The predicted octanol–water partition coefficient (Wildman–Crippen LogP) is 1.22. The Bertz CT molecular complexity index is 399. The molecule has 5 nitrogen and oxygen atoms in total. The Morgan fingerprint density at radius 2 is 2.00 bits per heavy atom. The Hall–Kier alpha value is -1.10. The van der Waals surface area contributed by atoms with E-state index in [-0.39, 0.29) is 29.7 Å². The van der Waals surface area contributed by atoms with E-state index in [4.69, 9.17) is 5.73 Å². The monoisotopic (exact) mass is 295 g/mol. The van der Waals surface area contributed by atoms with Crippen LogP contribution in [-0.2, 0) is 9.59 Å². The summed E-state index contributed by atoms with van der Waals surface area (Å²) >= 11 is 0. The highest BCUT2D eigenvalue weighted by Crippen LogP contribution is 2.27. The van der Waals surface area contributed by atoms with Crippen molar-refractivity contribution < 1.29 is 9.59 Å². The second kappa shape index (κ2) is 6.77. The van der Waals surface area contributed by atoms with Gasteiger partial charge in [-0.1, -0.05) is 13.8 Å². The minimum Gasteiger partial charge on any atom is -0.369 e. The molecule has 2 amide bonds. The molecule has 0 aromatic heterocycles.